The van der Waals surface area contributed by atoms with Crippen molar-refractivity contribution in [3.63, 3.8) is 0 Å². The van der Waals surface area contributed by atoms with Gasteiger partial charge in [0.1, 0.15) is 0 Å². The molecule has 0 saturated heterocycles. The maximum Gasteiger partial charge on any atom is 0.00891 e. The quantitative estimate of drug-likeness (QED) is 0.275. The predicted octanol–water partition coefficient (Wildman–Crippen LogP) is 3.52. The van der Waals surface area contributed by atoms with Gasteiger partial charge in [-0.1, -0.05) is 28.1 Å². The van der Waals surface area contributed by atoms with Gasteiger partial charge >= 0.3 is 0 Å². The molecule has 0 spiro atoms. The lowest BCUT2D eigenvalue weighted by molar-refractivity contribution is 0.785. The van der Waals surface area contributed by atoms with Crippen LogP contribution >= 0.6 is 15.9 Å². The molecule has 0 radical (unpaired) electrons. The second kappa shape index (κ2) is 7.88. The minimum absolute atomic E-state index is 0.882. The molecule has 1 heteroatoms. The standard InChI is InChI=1S/C10H15Br/c1-3-4-5-7-10(2)8-6-9-11/h1H,2,4-9H2. The van der Waals surface area contributed by atoms with Crippen molar-refractivity contribution in [3.05, 3.63) is 12.2 Å². The summed E-state index contributed by atoms with van der Waals surface area (Å²) in [5.74, 6) is 2.63. The molecule has 0 bridgehead atoms. The van der Waals surface area contributed by atoms with Gasteiger partial charge in [-0.2, -0.15) is 0 Å². The molecule has 0 nitrogen and oxygen atoms in total. The first kappa shape index (κ1) is 10.8. The van der Waals surface area contributed by atoms with Crippen molar-refractivity contribution in [1.82, 2.24) is 0 Å². The van der Waals surface area contributed by atoms with E-state index in [1.807, 2.05) is 0 Å². The Morgan fingerprint density at radius 2 is 2.00 bits per heavy atom. The zero-order chi connectivity index (χ0) is 8.53. The summed E-state index contributed by atoms with van der Waals surface area (Å²) < 4.78 is 0. The fraction of sp³-hybridized carbons (Fsp3) is 0.600. The van der Waals surface area contributed by atoms with Crippen LogP contribution in [0.2, 0.25) is 0 Å². The highest BCUT2D eigenvalue weighted by molar-refractivity contribution is 9.09. The van der Waals surface area contributed by atoms with Gasteiger partial charge in [0.05, 0.1) is 0 Å². The largest absolute Gasteiger partial charge is 0.120 e. The van der Waals surface area contributed by atoms with Gasteiger partial charge in [-0.3, -0.25) is 0 Å². The first-order valence-electron chi connectivity index (χ1n) is 3.97. The van der Waals surface area contributed by atoms with Crippen molar-refractivity contribution in [3.8, 4) is 12.3 Å². The lowest BCUT2D eigenvalue weighted by Gasteiger charge is -2.01. The minimum Gasteiger partial charge on any atom is -0.120 e. The third-order valence-electron chi connectivity index (χ3n) is 1.52. The van der Waals surface area contributed by atoms with Crippen molar-refractivity contribution in [1.29, 1.82) is 0 Å². The van der Waals surface area contributed by atoms with Crippen molar-refractivity contribution in [2.45, 2.75) is 32.1 Å². The number of unbranched alkanes of at least 4 members (excludes halogenated alkanes) is 1. The first-order valence-corrected chi connectivity index (χ1v) is 5.09. The molecule has 0 aliphatic carbocycles. The van der Waals surface area contributed by atoms with Gasteiger partial charge < -0.3 is 0 Å². The van der Waals surface area contributed by atoms with Crippen LogP contribution in [0.25, 0.3) is 0 Å². The molecule has 0 aromatic rings. The Kier molecular flexibility index (Phi) is 7.72. The highest BCUT2D eigenvalue weighted by atomic mass is 79.9. The van der Waals surface area contributed by atoms with Gasteiger partial charge in [0.15, 0.2) is 0 Å². The molecule has 0 rings (SSSR count). The van der Waals surface area contributed by atoms with Gasteiger partial charge in [-0.25, -0.2) is 0 Å². The lowest BCUT2D eigenvalue weighted by Crippen LogP contribution is -1.83. The van der Waals surface area contributed by atoms with Crippen molar-refractivity contribution in [2.75, 3.05) is 5.33 Å². The molecule has 0 unspecified atom stereocenters. The summed E-state index contributed by atoms with van der Waals surface area (Å²) in [5, 5.41) is 1.07. The van der Waals surface area contributed by atoms with E-state index in [1.54, 1.807) is 0 Å². The van der Waals surface area contributed by atoms with E-state index in [1.165, 1.54) is 12.0 Å². The van der Waals surface area contributed by atoms with Crippen molar-refractivity contribution < 1.29 is 0 Å². The molecular formula is C10H15Br. The smallest absolute Gasteiger partial charge is 0.00891 e. The summed E-state index contributed by atoms with van der Waals surface area (Å²) in [5.41, 5.74) is 1.33. The molecule has 0 fully saturated rings. The van der Waals surface area contributed by atoms with E-state index < -0.39 is 0 Å². The van der Waals surface area contributed by atoms with Gasteiger partial charge in [-0.05, 0) is 25.7 Å². The van der Waals surface area contributed by atoms with Crippen LogP contribution < -0.4 is 0 Å². The Morgan fingerprint density at radius 1 is 1.36 bits per heavy atom. The van der Waals surface area contributed by atoms with Crippen LogP contribution in [0.1, 0.15) is 32.1 Å². The lowest BCUT2D eigenvalue weighted by atomic mass is 10.1. The van der Waals surface area contributed by atoms with Crippen LogP contribution in [0.5, 0.6) is 0 Å². The Balaban J connectivity index is 3.17. The number of alkyl halides is 1. The predicted molar refractivity (Wildman–Crippen MR) is 54.9 cm³/mol. The second-order valence-electron chi connectivity index (χ2n) is 2.60. The monoisotopic (exact) mass is 214 g/mol. The van der Waals surface area contributed by atoms with Crippen LogP contribution in [0, 0.1) is 12.3 Å². The highest BCUT2D eigenvalue weighted by Crippen LogP contribution is 2.11. The van der Waals surface area contributed by atoms with Crippen molar-refractivity contribution in [2.24, 2.45) is 0 Å². The van der Waals surface area contributed by atoms with Crippen molar-refractivity contribution >= 4 is 15.9 Å². The number of allylic oxidation sites excluding steroid dienone is 1. The van der Waals surface area contributed by atoms with Gasteiger partial charge in [0.2, 0.25) is 0 Å². The molecular weight excluding hydrogens is 200 g/mol. The molecule has 0 N–H and O–H groups in total. The molecule has 11 heavy (non-hydrogen) atoms. The van der Waals surface area contributed by atoms with E-state index in [4.69, 9.17) is 6.42 Å². The number of halogens is 1. The molecule has 0 saturated carbocycles. The maximum atomic E-state index is 5.13. The molecule has 0 aliphatic heterocycles. The third-order valence-corrected chi connectivity index (χ3v) is 2.08. The molecule has 62 valence electrons. The number of hydrogen-bond donors (Lipinski definition) is 0. The van der Waals surface area contributed by atoms with Crippen LogP contribution in [0.4, 0.5) is 0 Å². The summed E-state index contributed by atoms with van der Waals surface area (Å²) in [4.78, 5) is 0. The highest BCUT2D eigenvalue weighted by Gasteiger charge is 1.92. The molecule has 0 amide bonds. The molecule has 0 aliphatic rings. The number of hydrogen-bond acceptors (Lipinski definition) is 0. The normalized spacial score (nSPS) is 9.09. The van der Waals surface area contributed by atoms with Crippen LogP contribution in [-0.4, -0.2) is 5.33 Å². The summed E-state index contributed by atoms with van der Waals surface area (Å²) in [7, 11) is 0. The summed E-state index contributed by atoms with van der Waals surface area (Å²) in [6.45, 7) is 3.97. The first-order chi connectivity index (χ1) is 5.31. The minimum atomic E-state index is 0.882. The SMILES string of the molecule is C#CCCCC(=C)CCCBr. The molecule has 0 heterocycles. The van der Waals surface area contributed by atoms with Crippen LogP contribution in [0.3, 0.4) is 0 Å². The van der Waals surface area contributed by atoms with Gasteiger partial charge in [0, 0.05) is 11.8 Å². The van der Waals surface area contributed by atoms with Gasteiger partial charge in [0.25, 0.3) is 0 Å². The Morgan fingerprint density at radius 3 is 2.55 bits per heavy atom. The Bertz CT molecular complexity index is 141. The summed E-state index contributed by atoms with van der Waals surface area (Å²) in [6, 6.07) is 0. The average molecular weight is 215 g/mol. The van der Waals surface area contributed by atoms with E-state index in [0.29, 0.717) is 0 Å². The fourth-order valence-electron chi connectivity index (χ4n) is 0.882. The second-order valence-corrected chi connectivity index (χ2v) is 3.39. The maximum absolute atomic E-state index is 5.13. The van der Waals surface area contributed by atoms with Crippen LogP contribution in [-0.2, 0) is 0 Å². The van der Waals surface area contributed by atoms with E-state index in [0.717, 1.165) is 31.0 Å². The van der Waals surface area contributed by atoms with E-state index in [2.05, 4.69) is 28.4 Å². The number of rotatable bonds is 6. The fourth-order valence-corrected chi connectivity index (χ4v) is 1.16. The average Bonchev–Trinajstić information content (AvgIpc) is 2.01. The van der Waals surface area contributed by atoms with E-state index >= 15 is 0 Å². The number of terminal acetylenes is 1. The van der Waals surface area contributed by atoms with E-state index in [9.17, 15) is 0 Å². The third kappa shape index (κ3) is 7.68. The zero-order valence-electron chi connectivity index (χ0n) is 6.91. The molecule has 0 atom stereocenters. The Labute approximate surface area is 78.2 Å². The molecule has 0 aromatic heterocycles. The van der Waals surface area contributed by atoms with E-state index in [-0.39, 0.29) is 0 Å². The summed E-state index contributed by atoms with van der Waals surface area (Å²) >= 11 is 3.39. The zero-order valence-corrected chi connectivity index (χ0v) is 8.49. The van der Waals surface area contributed by atoms with Crippen LogP contribution in [0.15, 0.2) is 12.2 Å². The van der Waals surface area contributed by atoms with Gasteiger partial charge in [-0.15, -0.1) is 12.3 Å². The topological polar surface area (TPSA) is 0 Å². The summed E-state index contributed by atoms with van der Waals surface area (Å²) in [6.07, 6.45) is 10.5. The Hall–Kier alpha value is -0.220. The molecule has 0 aromatic carbocycles.